The van der Waals surface area contributed by atoms with Crippen molar-refractivity contribution in [3.05, 3.63) is 11.1 Å². The van der Waals surface area contributed by atoms with Crippen molar-refractivity contribution in [1.29, 1.82) is 0 Å². The average molecular weight is 256 g/mol. The zero-order valence-electron chi connectivity index (χ0n) is 10.8. The van der Waals surface area contributed by atoms with Crippen LogP contribution in [0.3, 0.4) is 0 Å². The molecule has 1 unspecified atom stereocenters. The van der Waals surface area contributed by atoms with Crippen LogP contribution in [-0.2, 0) is 10.2 Å². The van der Waals surface area contributed by atoms with Crippen molar-refractivity contribution in [3.8, 4) is 0 Å². The molecule has 2 N–H and O–H groups in total. The third-order valence-electron chi connectivity index (χ3n) is 2.77. The predicted molar refractivity (Wildman–Crippen MR) is 70.8 cm³/mol. The number of aliphatic carboxylic acids is 1. The molecule has 0 aromatic carbocycles. The van der Waals surface area contributed by atoms with Gasteiger partial charge in [0, 0.05) is 11.4 Å². The summed E-state index contributed by atoms with van der Waals surface area (Å²) in [6.45, 7) is 7.58. The largest absolute Gasteiger partial charge is 0.481 e. The molecule has 1 heterocycles. The summed E-state index contributed by atoms with van der Waals surface area (Å²) < 4.78 is 0. The summed E-state index contributed by atoms with van der Waals surface area (Å²) in [7, 11) is 0. The van der Waals surface area contributed by atoms with Gasteiger partial charge in [-0.3, -0.25) is 4.79 Å². The SMILES string of the molecule is CCCC(C)Nc1nc(C(C)(C)C(=O)O)cs1. The van der Waals surface area contributed by atoms with Gasteiger partial charge < -0.3 is 10.4 Å². The molecule has 0 saturated carbocycles. The Kier molecular flexibility index (Phi) is 4.51. The molecule has 4 nitrogen and oxygen atoms in total. The second-order valence-corrected chi connectivity index (χ2v) is 5.66. The average Bonchev–Trinajstić information content (AvgIpc) is 2.66. The Morgan fingerprint density at radius 2 is 2.29 bits per heavy atom. The van der Waals surface area contributed by atoms with Crippen molar-refractivity contribution >= 4 is 22.4 Å². The summed E-state index contributed by atoms with van der Waals surface area (Å²) in [5.41, 5.74) is -0.314. The van der Waals surface area contributed by atoms with Crippen molar-refractivity contribution in [2.45, 2.75) is 52.0 Å². The van der Waals surface area contributed by atoms with Gasteiger partial charge in [-0.15, -0.1) is 11.3 Å². The molecule has 0 amide bonds. The third-order valence-corrected chi connectivity index (χ3v) is 3.54. The highest BCUT2D eigenvalue weighted by molar-refractivity contribution is 7.13. The topological polar surface area (TPSA) is 62.2 Å². The zero-order chi connectivity index (χ0) is 13.1. The molecule has 0 radical (unpaired) electrons. The van der Waals surface area contributed by atoms with E-state index in [4.69, 9.17) is 5.11 Å². The molecule has 1 aromatic heterocycles. The molecular weight excluding hydrogens is 236 g/mol. The number of anilines is 1. The molecule has 0 saturated heterocycles. The highest BCUT2D eigenvalue weighted by Crippen LogP contribution is 2.27. The van der Waals surface area contributed by atoms with Gasteiger partial charge in [-0.2, -0.15) is 0 Å². The maximum absolute atomic E-state index is 11.1. The minimum absolute atomic E-state index is 0.368. The molecular formula is C12H20N2O2S. The monoisotopic (exact) mass is 256 g/mol. The second kappa shape index (κ2) is 5.49. The molecule has 17 heavy (non-hydrogen) atoms. The minimum atomic E-state index is -0.926. The van der Waals surface area contributed by atoms with E-state index in [2.05, 4.69) is 24.1 Å². The zero-order valence-corrected chi connectivity index (χ0v) is 11.6. The smallest absolute Gasteiger partial charge is 0.315 e. The van der Waals surface area contributed by atoms with Gasteiger partial charge in [-0.25, -0.2) is 4.98 Å². The van der Waals surface area contributed by atoms with Gasteiger partial charge in [-0.1, -0.05) is 13.3 Å². The summed E-state index contributed by atoms with van der Waals surface area (Å²) >= 11 is 1.46. The minimum Gasteiger partial charge on any atom is -0.481 e. The molecule has 0 spiro atoms. The van der Waals surface area contributed by atoms with Crippen molar-refractivity contribution in [1.82, 2.24) is 4.98 Å². The van der Waals surface area contributed by atoms with E-state index in [0.717, 1.165) is 18.0 Å². The van der Waals surface area contributed by atoms with E-state index >= 15 is 0 Å². The fourth-order valence-corrected chi connectivity index (χ4v) is 2.44. The van der Waals surface area contributed by atoms with Crippen LogP contribution < -0.4 is 5.32 Å². The molecule has 0 aliphatic heterocycles. The fourth-order valence-electron chi connectivity index (χ4n) is 1.45. The lowest BCUT2D eigenvalue weighted by Gasteiger charge is -2.16. The highest BCUT2D eigenvalue weighted by Gasteiger charge is 2.32. The van der Waals surface area contributed by atoms with Crippen LogP contribution in [0.15, 0.2) is 5.38 Å². The van der Waals surface area contributed by atoms with Gasteiger partial charge >= 0.3 is 5.97 Å². The van der Waals surface area contributed by atoms with Crippen LogP contribution in [0.2, 0.25) is 0 Å². The molecule has 1 aromatic rings. The number of carbonyl (C=O) groups is 1. The van der Waals surface area contributed by atoms with E-state index in [1.807, 2.05) is 5.38 Å². The Bertz CT molecular complexity index is 388. The quantitative estimate of drug-likeness (QED) is 0.821. The highest BCUT2D eigenvalue weighted by atomic mass is 32.1. The number of carboxylic acid groups (broad SMARTS) is 1. The first-order valence-corrected chi connectivity index (χ1v) is 6.71. The summed E-state index contributed by atoms with van der Waals surface area (Å²) in [4.78, 5) is 15.5. The Balaban J connectivity index is 2.75. The molecule has 0 fully saturated rings. The molecule has 5 heteroatoms. The van der Waals surface area contributed by atoms with Gasteiger partial charge in [0.2, 0.25) is 0 Å². The summed E-state index contributed by atoms with van der Waals surface area (Å²) in [5.74, 6) is -0.851. The Morgan fingerprint density at radius 1 is 1.65 bits per heavy atom. The van der Waals surface area contributed by atoms with Crippen molar-refractivity contribution in [2.75, 3.05) is 5.32 Å². The van der Waals surface area contributed by atoms with Crippen LogP contribution in [0.4, 0.5) is 5.13 Å². The summed E-state index contributed by atoms with van der Waals surface area (Å²) in [6.07, 6.45) is 2.20. The van der Waals surface area contributed by atoms with Crippen molar-refractivity contribution in [2.24, 2.45) is 0 Å². The Labute approximate surface area is 106 Å². The number of rotatable bonds is 6. The second-order valence-electron chi connectivity index (χ2n) is 4.80. The first-order chi connectivity index (χ1) is 7.87. The van der Waals surface area contributed by atoms with Gasteiger partial charge in [0.05, 0.1) is 5.69 Å². The number of carboxylic acids is 1. The van der Waals surface area contributed by atoms with Crippen LogP contribution in [0.25, 0.3) is 0 Å². The van der Waals surface area contributed by atoms with Crippen molar-refractivity contribution < 1.29 is 9.90 Å². The van der Waals surface area contributed by atoms with E-state index in [9.17, 15) is 4.79 Å². The van der Waals surface area contributed by atoms with Crippen LogP contribution in [0.5, 0.6) is 0 Å². The lowest BCUT2D eigenvalue weighted by Crippen LogP contribution is -2.29. The van der Waals surface area contributed by atoms with Gasteiger partial charge in [0.25, 0.3) is 0 Å². The molecule has 0 aliphatic rings. The molecule has 96 valence electrons. The van der Waals surface area contributed by atoms with E-state index in [-0.39, 0.29) is 0 Å². The standard InChI is InChI=1S/C12H20N2O2S/c1-5-6-8(2)13-11-14-9(7-17-11)12(3,4)10(15)16/h7-8H,5-6H2,1-4H3,(H,13,14)(H,15,16). The molecule has 1 atom stereocenters. The molecule has 0 bridgehead atoms. The van der Waals surface area contributed by atoms with Crippen LogP contribution >= 0.6 is 11.3 Å². The van der Waals surface area contributed by atoms with Crippen LogP contribution in [0, 0.1) is 0 Å². The Hall–Kier alpha value is -1.10. The number of hydrogen-bond donors (Lipinski definition) is 2. The van der Waals surface area contributed by atoms with Crippen molar-refractivity contribution in [3.63, 3.8) is 0 Å². The molecule has 0 aliphatic carbocycles. The van der Waals surface area contributed by atoms with Crippen LogP contribution in [-0.4, -0.2) is 22.1 Å². The Morgan fingerprint density at radius 3 is 2.82 bits per heavy atom. The summed E-state index contributed by atoms with van der Waals surface area (Å²) in [5, 5.41) is 15.0. The maximum atomic E-state index is 11.1. The maximum Gasteiger partial charge on any atom is 0.315 e. The number of aromatic nitrogens is 1. The first-order valence-electron chi connectivity index (χ1n) is 5.83. The molecule has 1 rings (SSSR count). The van der Waals surface area contributed by atoms with Gasteiger partial charge in [0.1, 0.15) is 5.41 Å². The number of thiazole rings is 1. The van der Waals surface area contributed by atoms with E-state index < -0.39 is 11.4 Å². The number of nitrogens with one attached hydrogen (secondary N) is 1. The number of hydrogen-bond acceptors (Lipinski definition) is 4. The third kappa shape index (κ3) is 3.43. The summed E-state index contributed by atoms with van der Waals surface area (Å²) in [6, 6.07) is 0.368. The van der Waals surface area contributed by atoms with E-state index in [0.29, 0.717) is 11.7 Å². The van der Waals surface area contributed by atoms with E-state index in [1.165, 1.54) is 11.3 Å². The van der Waals surface area contributed by atoms with Crippen LogP contribution in [0.1, 0.15) is 46.2 Å². The first kappa shape index (κ1) is 14.0. The number of nitrogens with zero attached hydrogens (tertiary/aromatic N) is 1. The fraction of sp³-hybridized carbons (Fsp3) is 0.667. The lowest BCUT2D eigenvalue weighted by atomic mass is 9.90. The van der Waals surface area contributed by atoms with Gasteiger partial charge in [0.15, 0.2) is 5.13 Å². The van der Waals surface area contributed by atoms with Gasteiger partial charge in [-0.05, 0) is 27.2 Å². The normalized spacial score (nSPS) is 13.4. The lowest BCUT2D eigenvalue weighted by molar-refractivity contribution is -0.142. The van der Waals surface area contributed by atoms with E-state index in [1.54, 1.807) is 13.8 Å². The predicted octanol–water partition coefficient (Wildman–Crippen LogP) is 3.11.